The molecule has 0 unspecified atom stereocenters. The molecule has 0 radical (unpaired) electrons. The van der Waals surface area contributed by atoms with Crippen molar-refractivity contribution >= 4 is 39.1 Å². The van der Waals surface area contributed by atoms with E-state index in [-0.39, 0.29) is 0 Å². The summed E-state index contributed by atoms with van der Waals surface area (Å²) < 4.78 is 1.09. The molecule has 3 aromatic rings. The average Bonchev–Trinajstić information content (AvgIpc) is 2.64. The summed E-state index contributed by atoms with van der Waals surface area (Å²) in [5, 5.41) is 15.4. The van der Waals surface area contributed by atoms with Crippen LogP contribution in [0.3, 0.4) is 0 Å². The lowest BCUT2D eigenvalue weighted by atomic mass is 10.1. The average molecular weight is 408 g/mol. The Kier molecular flexibility index (Phi) is 5.19. The van der Waals surface area contributed by atoms with Gasteiger partial charge in [0.2, 0.25) is 5.95 Å². The second-order valence-electron chi connectivity index (χ2n) is 6.03. The number of hydrogen-bond acceptors (Lipinski definition) is 5. The summed E-state index contributed by atoms with van der Waals surface area (Å²) in [6.45, 7) is 6.23. The third-order valence-corrected chi connectivity index (χ3v) is 5.28. The number of halogens is 1. The maximum Gasteiger partial charge on any atom is 0.229 e. The molecule has 0 aliphatic heterocycles. The lowest BCUT2D eigenvalue weighted by molar-refractivity contribution is 1.16. The zero-order valence-electron chi connectivity index (χ0n) is 14.8. The van der Waals surface area contributed by atoms with Gasteiger partial charge in [0.15, 0.2) is 0 Å². The van der Waals surface area contributed by atoms with E-state index in [4.69, 9.17) is 5.26 Å². The van der Waals surface area contributed by atoms with E-state index in [0.29, 0.717) is 17.3 Å². The van der Waals surface area contributed by atoms with Crippen LogP contribution in [0.1, 0.15) is 22.3 Å². The van der Waals surface area contributed by atoms with Gasteiger partial charge in [-0.1, -0.05) is 22.0 Å². The van der Waals surface area contributed by atoms with Crippen LogP contribution >= 0.6 is 15.9 Å². The largest absolute Gasteiger partial charge is 0.340 e. The predicted molar refractivity (Wildman–Crippen MR) is 108 cm³/mol. The van der Waals surface area contributed by atoms with Crippen LogP contribution in [-0.4, -0.2) is 9.97 Å². The first kappa shape index (κ1) is 17.9. The van der Waals surface area contributed by atoms with Crippen LogP contribution in [-0.2, 0) is 0 Å². The van der Waals surface area contributed by atoms with E-state index >= 15 is 0 Å². The van der Waals surface area contributed by atoms with Gasteiger partial charge in [-0.3, -0.25) is 0 Å². The van der Waals surface area contributed by atoms with Crippen molar-refractivity contribution in [3.63, 3.8) is 0 Å². The molecule has 3 rings (SSSR count). The van der Waals surface area contributed by atoms with Crippen molar-refractivity contribution in [1.29, 1.82) is 5.26 Å². The van der Waals surface area contributed by atoms with Gasteiger partial charge in [-0.15, -0.1) is 0 Å². The molecule has 5 nitrogen and oxygen atoms in total. The standard InChI is InChI=1S/C20H18BrN5/c1-12-10-13(2)19(14(3)18(12)21)25-17-8-9-23-20(26-17)24-16-6-4-15(11-22)5-7-16/h4-10H,1-3H3,(H2,23,24,25,26). The Morgan fingerprint density at radius 2 is 1.73 bits per heavy atom. The number of benzene rings is 2. The molecule has 6 heteroatoms. The molecule has 0 saturated heterocycles. The van der Waals surface area contributed by atoms with Gasteiger partial charge in [0.1, 0.15) is 5.82 Å². The first-order chi connectivity index (χ1) is 12.5. The van der Waals surface area contributed by atoms with Crippen molar-refractivity contribution < 1.29 is 0 Å². The fourth-order valence-electron chi connectivity index (χ4n) is 2.73. The molecule has 0 saturated carbocycles. The van der Waals surface area contributed by atoms with Crippen LogP contribution in [0.4, 0.5) is 23.1 Å². The van der Waals surface area contributed by atoms with Gasteiger partial charge in [0.25, 0.3) is 0 Å². The van der Waals surface area contributed by atoms with E-state index in [9.17, 15) is 0 Å². The lowest BCUT2D eigenvalue weighted by Gasteiger charge is -2.16. The summed E-state index contributed by atoms with van der Waals surface area (Å²) >= 11 is 3.64. The number of hydrogen-bond donors (Lipinski definition) is 2. The molecule has 0 amide bonds. The maximum absolute atomic E-state index is 8.87. The van der Waals surface area contributed by atoms with Crippen LogP contribution in [0.2, 0.25) is 0 Å². The molecule has 130 valence electrons. The molecule has 1 heterocycles. The number of aromatic nitrogens is 2. The van der Waals surface area contributed by atoms with Gasteiger partial charge in [0.05, 0.1) is 11.6 Å². The van der Waals surface area contributed by atoms with Gasteiger partial charge < -0.3 is 10.6 Å². The smallest absolute Gasteiger partial charge is 0.229 e. The van der Waals surface area contributed by atoms with Crippen molar-refractivity contribution in [2.24, 2.45) is 0 Å². The van der Waals surface area contributed by atoms with Crippen molar-refractivity contribution in [2.75, 3.05) is 10.6 Å². The molecular weight excluding hydrogens is 390 g/mol. The molecule has 2 aromatic carbocycles. The number of nitrogens with zero attached hydrogens (tertiary/aromatic N) is 3. The highest BCUT2D eigenvalue weighted by atomic mass is 79.9. The van der Waals surface area contributed by atoms with Crippen molar-refractivity contribution in [1.82, 2.24) is 9.97 Å². The third kappa shape index (κ3) is 3.84. The van der Waals surface area contributed by atoms with Crippen LogP contribution in [0, 0.1) is 32.1 Å². The molecule has 1 aromatic heterocycles. The Hall–Kier alpha value is -2.91. The summed E-state index contributed by atoms with van der Waals surface area (Å²) in [5.74, 6) is 1.19. The highest BCUT2D eigenvalue weighted by molar-refractivity contribution is 9.10. The summed E-state index contributed by atoms with van der Waals surface area (Å²) in [4.78, 5) is 8.79. The molecule has 0 spiro atoms. The van der Waals surface area contributed by atoms with Crippen molar-refractivity contribution in [3.8, 4) is 6.07 Å². The first-order valence-corrected chi connectivity index (χ1v) is 8.91. The molecule has 0 fully saturated rings. The topological polar surface area (TPSA) is 73.6 Å². The summed E-state index contributed by atoms with van der Waals surface area (Å²) in [5.41, 5.74) is 5.97. The van der Waals surface area contributed by atoms with Gasteiger partial charge in [-0.05, 0) is 67.8 Å². The summed E-state index contributed by atoms with van der Waals surface area (Å²) in [7, 11) is 0. The molecule has 2 N–H and O–H groups in total. The Bertz CT molecular complexity index is 990. The fourth-order valence-corrected chi connectivity index (χ4v) is 3.04. The molecule has 0 bridgehead atoms. The summed E-state index contributed by atoms with van der Waals surface area (Å²) in [6, 6.07) is 13.2. The number of aryl methyl sites for hydroxylation is 2. The zero-order valence-corrected chi connectivity index (χ0v) is 16.3. The van der Waals surface area contributed by atoms with Gasteiger partial charge in [-0.2, -0.15) is 10.2 Å². The highest BCUT2D eigenvalue weighted by Gasteiger charge is 2.10. The minimum absolute atomic E-state index is 0.487. The minimum atomic E-state index is 0.487. The van der Waals surface area contributed by atoms with Crippen LogP contribution in [0.5, 0.6) is 0 Å². The molecular formula is C20H18BrN5. The number of nitriles is 1. The van der Waals surface area contributed by atoms with Gasteiger partial charge >= 0.3 is 0 Å². The summed E-state index contributed by atoms with van der Waals surface area (Å²) in [6.07, 6.45) is 1.70. The quantitative estimate of drug-likeness (QED) is 0.595. The van der Waals surface area contributed by atoms with E-state index in [1.54, 1.807) is 18.3 Å². The fraction of sp³-hybridized carbons (Fsp3) is 0.150. The monoisotopic (exact) mass is 407 g/mol. The maximum atomic E-state index is 8.87. The SMILES string of the molecule is Cc1cc(C)c(Nc2ccnc(Nc3ccc(C#N)cc3)n2)c(C)c1Br. The Balaban J connectivity index is 1.84. The van der Waals surface area contributed by atoms with E-state index in [1.807, 2.05) is 18.2 Å². The Morgan fingerprint density at radius 3 is 2.42 bits per heavy atom. The van der Waals surface area contributed by atoms with E-state index in [2.05, 4.69) is 69.4 Å². The van der Waals surface area contributed by atoms with Crippen molar-refractivity contribution in [2.45, 2.75) is 20.8 Å². The van der Waals surface area contributed by atoms with Gasteiger partial charge in [-0.25, -0.2) is 4.98 Å². The Labute approximate surface area is 161 Å². The van der Waals surface area contributed by atoms with Crippen molar-refractivity contribution in [3.05, 3.63) is 69.3 Å². The lowest BCUT2D eigenvalue weighted by Crippen LogP contribution is -2.03. The molecule has 0 aliphatic rings. The minimum Gasteiger partial charge on any atom is -0.340 e. The first-order valence-electron chi connectivity index (χ1n) is 8.11. The number of rotatable bonds is 4. The highest BCUT2D eigenvalue weighted by Crippen LogP contribution is 2.32. The zero-order chi connectivity index (χ0) is 18.7. The number of nitrogens with one attached hydrogen (secondary N) is 2. The predicted octanol–water partition coefficient (Wildman–Crippen LogP) is 5.52. The van der Waals surface area contributed by atoms with E-state index < -0.39 is 0 Å². The number of anilines is 4. The van der Waals surface area contributed by atoms with E-state index in [1.165, 1.54) is 5.56 Å². The normalized spacial score (nSPS) is 10.3. The second-order valence-corrected chi connectivity index (χ2v) is 6.82. The Morgan fingerprint density at radius 1 is 1.00 bits per heavy atom. The van der Waals surface area contributed by atoms with Crippen LogP contribution in [0.15, 0.2) is 47.1 Å². The molecule has 26 heavy (non-hydrogen) atoms. The van der Waals surface area contributed by atoms with Crippen LogP contribution < -0.4 is 10.6 Å². The van der Waals surface area contributed by atoms with Gasteiger partial charge in [0, 0.05) is 22.0 Å². The third-order valence-electron chi connectivity index (χ3n) is 4.06. The second kappa shape index (κ2) is 7.54. The molecule has 0 atom stereocenters. The van der Waals surface area contributed by atoms with E-state index in [0.717, 1.165) is 27.0 Å². The molecule has 0 aliphatic carbocycles. The van der Waals surface area contributed by atoms with Crippen LogP contribution in [0.25, 0.3) is 0 Å².